The van der Waals surface area contributed by atoms with Crippen molar-refractivity contribution < 1.29 is 19.0 Å². The minimum absolute atomic E-state index is 0.0283. The van der Waals surface area contributed by atoms with Crippen LogP contribution in [0.3, 0.4) is 0 Å². The molecule has 2 heterocycles. The van der Waals surface area contributed by atoms with Crippen LogP contribution in [0.15, 0.2) is 29.2 Å². The highest BCUT2D eigenvalue weighted by molar-refractivity contribution is 7.16. The van der Waals surface area contributed by atoms with Crippen LogP contribution in [0, 0.1) is 0 Å². The van der Waals surface area contributed by atoms with E-state index in [1.54, 1.807) is 12.1 Å². The summed E-state index contributed by atoms with van der Waals surface area (Å²) in [6.45, 7) is 2.72. The zero-order chi connectivity index (χ0) is 19.4. The number of amides is 1. The number of carbonyl (C=O) groups excluding carboxylic acids is 1. The molecule has 10 heteroatoms. The number of aromatic nitrogens is 3. The van der Waals surface area contributed by atoms with Crippen molar-refractivity contribution in [1.29, 1.82) is 0 Å². The van der Waals surface area contributed by atoms with Gasteiger partial charge in [0.05, 0.1) is 20.4 Å². The third kappa shape index (κ3) is 3.91. The van der Waals surface area contributed by atoms with Gasteiger partial charge < -0.3 is 19.5 Å². The van der Waals surface area contributed by atoms with E-state index in [0.29, 0.717) is 40.2 Å². The van der Waals surface area contributed by atoms with E-state index in [1.165, 1.54) is 37.8 Å². The average Bonchev–Trinajstić information content (AvgIpc) is 3.11. The van der Waals surface area contributed by atoms with Gasteiger partial charge in [-0.2, -0.15) is 9.61 Å². The molecule has 0 bridgehead atoms. The van der Waals surface area contributed by atoms with E-state index in [-0.39, 0.29) is 5.69 Å². The fourth-order valence-corrected chi connectivity index (χ4v) is 3.12. The van der Waals surface area contributed by atoms with E-state index in [1.807, 2.05) is 6.92 Å². The fourth-order valence-electron chi connectivity index (χ4n) is 2.33. The number of anilines is 1. The molecule has 0 spiro atoms. The van der Waals surface area contributed by atoms with Crippen molar-refractivity contribution in [1.82, 2.24) is 14.6 Å². The monoisotopic (exact) mass is 390 g/mol. The Morgan fingerprint density at radius 3 is 2.74 bits per heavy atom. The first-order valence-electron chi connectivity index (χ1n) is 8.06. The molecule has 27 heavy (non-hydrogen) atoms. The zero-order valence-electron chi connectivity index (χ0n) is 15.0. The fraction of sp³-hybridized carbons (Fsp3) is 0.294. The van der Waals surface area contributed by atoms with Crippen molar-refractivity contribution in [2.24, 2.45) is 0 Å². The number of hydrogen-bond donors (Lipinski definition) is 1. The molecule has 0 atom stereocenters. The summed E-state index contributed by atoms with van der Waals surface area (Å²) in [6.07, 6.45) is 1.32. The summed E-state index contributed by atoms with van der Waals surface area (Å²) < 4.78 is 16.8. The van der Waals surface area contributed by atoms with E-state index >= 15 is 0 Å². The summed E-state index contributed by atoms with van der Waals surface area (Å²) in [4.78, 5) is 29.7. The van der Waals surface area contributed by atoms with Gasteiger partial charge >= 0.3 is 0 Å². The first-order valence-corrected chi connectivity index (χ1v) is 8.88. The van der Waals surface area contributed by atoms with Crippen molar-refractivity contribution in [3.63, 3.8) is 0 Å². The van der Waals surface area contributed by atoms with Crippen LogP contribution < -0.4 is 20.3 Å². The van der Waals surface area contributed by atoms with E-state index in [4.69, 9.17) is 14.2 Å². The number of ether oxygens (including phenoxy) is 3. The van der Waals surface area contributed by atoms with Crippen molar-refractivity contribution in [2.45, 2.75) is 13.5 Å². The number of methoxy groups -OCH3 is 2. The molecule has 2 aromatic heterocycles. The zero-order valence-corrected chi connectivity index (χ0v) is 15.8. The first-order chi connectivity index (χ1) is 13.1. The highest BCUT2D eigenvalue weighted by Crippen LogP contribution is 2.27. The van der Waals surface area contributed by atoms with Gasteiger partial charge in [-0.3, -0.25) is 9.59 Å². The first kappa shape index (κ1) is 18.8. The summed E-state index contributed by atoms with van der Waals surface area (Å²) in [5.41, 5.74) is -0.124. The summed E-state index contributed by atoms with van der Waals surface area (Å²) in [5.74, 6) is 0.441. The second-order valence-corrected chi connectivity index (χ2v) is 6.37. The molecular formula is C17H18N4O5S. The lowest BCUT2D eigenvalue weighted by Gasteiger charge is -2.09. The third-order valence-corrected chi connectivity index (χ3v) is 4.55. The summed E-state index contributed by atoms with van der Waals surface area (Å²) in [5, 5.41) is 7.38. The van der Waals surface area contributed by atoms with E-state index < -0.39 is 11.5 Å². The van der Waals surface area contributed by atoms with Gasteiger partial charge in [-0.15, -0.1) is 0 Å². The van der Waals surface area contributed by atoms with Crippen molar-refractivity contribution in [2.75, 3.05) is 26.1 Å². The van der Waals surface area contributed by atoms with E-state index in [0.717, 1.165) is 4.52 Å². The predicted molar refractivity (Wildman–Crippen MR) is 100.0 cm³/mol. The van der Waals surface area contributed by atoms with Crippen LogP contribution in [0.1, 0.15) is 22.3 Å². The maximum atomic E-state index is 12.6. The number of hydrogen-bond acceptors (Lipinski definition) is 8. The lowest BCUT2D eigenvalue weighted by Crippen LogP contribution is -2.23. The molecule has 0 radical (unpaired) electrons. The van der Waals surface area contributed by atoms with Gasteiger partial charge in [0, 0.05) is 12.2 Å². The maximum absolute atomic E-state index is 12.6. The topological polar surface area (TPSA) is 104 Å². The minimum Gasteiger partial charge on any atom is -0.493 e. The van der Waals surface area contributed by atoms with Gasteiger partial charge in [0.15, 0.2) is 11.5 Å². The molecule has 0 unspecified atom stereocenters. The smallest absolute Gasteiger partial charge is 0.298 e. The van der Waals surface area contributed by atoms with Crippen molar-refractivity contribution >= 4 is 27.9 Å². The molecule has 0 aliphatic rings. The lowest BCUT2D eigenvalue weighted by molar-refractivity contribution is 0.102. The Bertz CT molecular complexity index is 1030. The Balaban J connectivity index is 1.86. The summed E-state index contributed by atoms with van der Waals surface area (Å²) in [7, 11) is 2.99. The molecule has 0 fully saturated rings. The second-order valence-electron chi connectivity index (χ2n) is 5.33. The standard InChI is InChI=1S/C17H18N4O5S/c1-4-26-9-14-20-21-16(23)11(8-18-17(21)27-14)19-15(22)10-5-6-12(24-2)13(7-10)25-3/h5-8H,4,9H2,1-3H3,(H,19,22). The van der Waals surface area contributed by atoms with Crippen LogP contribution in [-0.4, -0.2) is 41.3 Å². The Labute approximate surface area is 158 Å². The van der Waals surface area contributed by atoms with E-state index in [9.17, 15) is 9.59 Å². The van der Waals surface area contributed by atoms with Gasteiger partial charge in [-0.25, -0.2) is 4.98 Å². The van der Waals surface area contributed by atoms with Crippen LogP contribution >= 0.6 is 11.3 Å². The molecule has 142 valence electrons. The summed E-state index contributed by atoms with van der Waals surface area (Å²) >= 11 is 1.26. The second kappa shape index (κ2) is 8.14. The van der Waals surface area contributed by atoms with Crippen molar-refractivity contribution in [3.05, 3.63) is 45.3 Å². The molecule has 3 rings (SSSR count). The third-order valence-electron chi connectivity index (χ3n) is 3.65. The number of nitrogens with one attached hydrogen (secondary N) is 1. The Morgan fingerprint density at radius 1 is 1.26 bits per heavy atom. The van der Waals surface area contributed by atoms with Crippen LogP contribution in [0.2, 0.25) is 0 Å². The summed E-state index contributed by atoms with van der Waals surface area (Å²) in [6, 6.07) is 4.71. The molecule has 0 saturated heterocycles. The normalized spacial score (nSPS) is 10.8. The number of benzene rings is 1. The number of fused-ring (bicyclic) bond motifs is 1. The Kier molecular flexibility index (Phi) is 5.67. The van der Waals surface area contributed by atoms with E-state index in [2.05, 4.69) is 15.4 Å². The highest BCUT2D eigenvalue weighted by atomic mass is 32.1. The molecular weight excluding hydrogens is 372 g/mol. The highest BCUT2D eigenvalue weighted by Gasteiger charge is 2.15. The minimum atomic E-state index is -0.473. The maximum Gasteiger partial charge on any atom is 0.298 e. The number of nitrogens with zero attached hydrogens (tertiary/aromatic N) is 3. The van der Waals surface area contributed by atoms with Crippen LogP contribution in [0.25, 0.3) is 4.96 Å². The van der Waals surface area contributed by atoms with Gasteiger partial charge in [0.1, 0.15) is 17.3 Å². The molecule has 0 aliphatic heterocycles. The van der Waals surface area contributed by atoms with Gasteiger partial charge in [0.2, 0.25) is 4.96 Å². The molecule has 0 aliphatic carbocycles. The Hall–Kier alpha value is -2.98. The average molecular weight is 390 g/mol. The number of rotatable bonds is 7. The largest absolute Gasteiger partial charge is 0.493 e. The predicted octanol–water partition coefficient (Wildman–Crippen LogP) is 1.96. The molecule has 1 amide bonds. The molecule has 3 aromatic rings. The van der Waals surface area contributed by atoms with Gasteiger partial charge in [-0.05, 0) is 25.1 Å². The Morgan fingerprint density at radius 2 is 2.04 bits per heavy atom. The van der Waals surface area contributed by atoms with Gasteiger partial charge in [-0.1, -0.05) is 11.3 Å². The van der Waals surface area contributed by atoms with Crippen LogP contribution in [0.5, 0.6) is 11.5 Å². The van der Waals surface area contributed by atoms with Crippen molar-refractivity contribution in [3.8, 4) is 11.5 Å². The SMILES string of the molecule is CCOCc1nn2c(=O)c(NC(=O)c3ccc(OC)c(OC)c3)cnc2s1. The molecule has 1 aromatic carbocycles. The van der Waals surface area contributed by atoms with Crippen LogP contribution in [0.4, 0.5) is 5.69 Å². The lowest BCUT2D eigenvalue weighted by atomic mass is 10.2. The molecule has 0 saturated carbocycles. The number of carbonyl (C=O) groups is 1. The van der Waals surface area contributed by atoms with Gasteiger partial charge in [0.25, 0.3) is 11.5 Å². The molecule has 1 N–H and O–H groups in total. The quantitative estimate of drug-likeness (QED) is 0.657. The molecule has 9 nitrogen and oxygen atoms in total. The van der Waals surface area contributed by atoms with Crippen LogP contribution in [-0.2, 0) is 11.3 Å².